The van der Waals surface area contributed by atoms with E-state index in [1.807, 2.05) is 52.0 Å². The normalized spacial score (nSPS) is 11.9. The summed E-state index contributed by atoms with van der Waals surface area (Å²) in [4.78, 5) is 0. The first-order valence-corrected chi connectivity index (χ1v) is 5.34. The molecule has 0 radical (unpaired) electrons. The van der Waals surface area contributed by atoms with E-state index in [2.05, 4.69) is 0 Å². The fraction of sp³-hybridized carbons (Fsp3) is 0.538. The summed E-state index contributed by atoms with van der Waals surface area (Å²) < 4.78 is 5.72. The van der Waals surface area contributed by atoms with Gasteiger partial charge in [0, 0.05) is 11.0 Å². The van der Waals surface area contributed by atoms with E-state index in [1.165, 1.54) is 0 Å². The summed E-state index contributed by atoms with van der Waals surface area (Å²) in [6.07, 6.45) is 0.153. The van der Waals surface area contributed by atoms with E-state index >= 15 is 0 Å². The fourth-order valence-corrected chi connectivity index (χ4v) is 1.47. The minimum Gasteiger partial charge on any atom is -0.491 e. The van der Waals surface area contributed by atoms with E-state index in [9.17, 15) is 5.11 Å². The van der Waals surface area contributed by atoms with E-state index in [0.717, 1.165) is 11.3 Å². The molecule has 1 aromatic carbocycles. The Morgan fingerprint density at radius 1 is 1.27 bits per heavy atom. The maximum absolute atomic E-state index is 9.35. The van der Waals surface area contributed by atoms with Gasteiger partial charge in [-0.1, -0.05) is 32.0 Å². The lowest BCUT2D eigenvalue weighted by molar-refractivity contribution is 0.202. The van der Waals surface area contributed by atoms with Gasteiger partial charge in [-0.2, -0.15) is 0 Å². The third kappa shape index (κ3) is 2.96. The number of rotatable bonds is 4. The van der Waals surface area contributed by atoms with Crippen molar-refractivity contribution in [2.24, 2.45) is 0 Å². The number of aliphatic hydroxyl groups excluding tert-OH is 1. The Bertz CT molecular complexity index is 316. The van der Waals surface area contributed by atoms with Crippen LogP contribution in [0.3, 0.4) is 0 Å². The quantitative estimate of drug-likeness (QED) is 0.824. The lowest BCUT2D eigenvalue weighted by Crippen LogP contribution is -2.23. The molecule has 84 valence electrons. The van der Waals surface area contributed by atoms with Crippen molar-refractivity contribution in [1.82, 2.24) is 0 Å². The minimum atomic E-state index is -0.258. The SMILES string of the molecule is CC(C)Oc1ccccc1C(C)(C)CO. The minimum absolute atomic E-state index is 0.117. The molecular formula is C13H20O2. The summed E-state index contributed by atoms with van der Waals surface area (Å²) in [7, 11) is 0. The van der Waals surface area contributed by atoms with Crippen LogP contribution in [0.1, 0.15) is 33.3 Å². The van der Waals surface area contributed by atoms with Crippen LogP contribution in [0.5, 0.6) is 5.75 Å². The highest BCUT2D eigenvalue weighted by atomic mass is 16.5. The van der Waals surface area contributed by atoms with Crippen molar-refractivity contribution in [3.8, 4) is 5.75 Å². The number of hydrogen-bond donors (Lipinski definition) is 1. The summed E-state index contributed by atoms with van der Waals surface area (Å²) >= 11 is 0. The predicted molar refractivity (Wildman–Crippen MR) is 62.3 cm³/mol. The van der Waals surface area contributed by atoms with Gasteiger partial charge in [-0.3, -0.25) is 0 Å². The van der Waals surface area contributed by atoms with Crippen LogP contribution in [0, 0.1) is 0 Å². The van der Waals surface area contributed by atoms with E-state index < -0.39 is 0 Å². The molecule has 0 amide bonds. The second-order valence-corrected chi connectivity index (χ2v) is 4.70. The molecule has 0 fully saturated rings. The van der Waals surface area contributed by atoms with Crippen molar-refractivity contribution >= 4 is 0 Å². The second-order valence-electron chi connectivity index (χ2n) is 4.70. The zero-order valence-corrected chi connectivity index (χ0v) is 9.95. The number of para-hydroxylation sites is 1. The second kappa shape index (κ2) is 4.67. The molecule has 0 aliphatic rings. The third-order valence-electron chi connectivity index (χ3n) is 2.37. The van der Waals surface area contributed by atoms with Crippen LogP contribution < -0.4 is 4.74 Å². The molecule has 0 aromatic heterocycles. The van der Waals surface area contributed by atoms with E-state index in [4.69, 9.17) is 4.74 Å². The molecule has 0 spiro atoms. The Hall–Kier alpha value is -1.02. The Balaban J connectivity index is 3.06. The van der Waals surface area contributed by atoms with Crippen LogP contribution in [-0.2, 0) is 5.41 Å². The molecule has 2 nitrogen and oxygen atoms in total. The standard InChI is InChI=1S/C13H20O2/c1-10(2)15-12-8-6-5-7-11(12)13(3,4)9-14/h5-8,10,14H,9H2,1-4H3. The molecule has 0 aliphatic carbocycles. The van der Waals surface area contributed by atoms with Gasteiger partial charge in [-0.05, 0) is 19.9 Å². The van der Waals surface area contributed by atoms with Gasteiger partial charge in [0.05, 0.1) is 12.7 Å². The van der Waals surface area contributed by atoms with Gasteiger partial charge in [0.1, 0.15) is 5.75 Å². The lowest BCUT2D eigenvalue weighted by Gasteiger charge is -2.25. The Morgan fingerprint density at radius 3 is 2.40 bits per heavy atom. The van der Waals surface area contributed by atoms with E-state index in [0.29, 0.717) is 0 Å². The molecule has 1 aromatic rings. The first-order chi connectivity index (χ1) is 6.97. The van der Waals surface area contributed by atoms with Crippen molar-refractivity contribution in [2.75, 3.05) is 6.61 Å². The van der Waals surface area contributed by atoms with Crippen LogP contribution in [0.4, 0.5) is 0 Å². The smallest absolute Gasteiger partial charge is 0.123 e. The van der Waals surface area contributed by atoms with Crippen molar-refractivity contribution in [3.63, 3.8) is 0 Å². The highest BCUT2D eigenvalue weighted by Crippen LogP contribution is 2.31. The van der Waals surface area contributed by atoms with Gasteiger partial charge >= 0.3 is 0 Å². The summed E-state index contributed by atoms with van der Waals surface area (Å²) in [5, 5.41) is 9.35. The molecule has 0 aliphatic heterocycles. The zero-order valence-electron chi connectivity index (χ0n) is 9.95. The van der Waals surface area contributed by atoms with Crippen molar-refractivity contribution in [3.05, 3.63) is 29.8 Å². The lowest BCUT2D eigenvalue weighted by atomic mass is 9.85. The fourth-order valence-electron chi connectivity index (χ4n) is 1.47. The first-order valence-electron chi connectivity index (χ1n) is 5.34. The van der Waals surface area contributed by atoms with Crippen LogP contribution >= 0.6 is 0 Å². The molecule has 1 rings (SSSR count). The highest BCUT2D eigenvalue weighted by molar-refractivity contribution is 5.39. The number of hydrogen-bond acceptors (Lipinski definition) is 2. The zero-order chi connectivity index (χ0) is 11.5. The van der Waals surface area contributed by atoms with Crippen molar-refractivity contribution in [1.29, 1.82) is 0 Å². The molecule has 15 heavy (non-hydrogen) atoms. The Kier molecular flexibility index (Phi) is 3.75. The average molecular weight is 208 g/mol. The molecular weight excluding hydrogens is 188 g/mol. The first kappa shape index (κ1) is 12.1. The molecule has 0 atom stereocenters. The molecule has 1 N–H and O–H groups in total. The topological polar surface area (TPSA) is 29.5 Å². The summed E-state index contributed by atoms with van der Waals surface area (Å²) in [6.45, 7) is 8.14. The summed E-state index contributed by atoms with van der Waals surface area (Å²) in [5.41, 5.74) is 0.798. The summed E-state index contributed by atoms with van der Waals surface area (Å²) in [5.74, 6) is 0.867. The predicted octanol–water partition coefficient (Wildman–Crippen LogP) is 2.74. The average Bonchev–Trinajstić information content (AvgIpc) is 2.17. The molecule has 0 saturated heterocycles. The van der Waals surface area contributed by atoms with Crippen molar-refractivity contribution in [2.45, 2.75) is 39.2 Å². The van der Waals surface area contributed by atoms with Crippen LogP contribution in [0.15, 0.2) is 24.3 Å². The van der Waals surface area contributed by atoms with Crippen molar-refractivity contribution < 1.29 is 9.84 Å². The number of ether oxygens (including phenoxy) is 1. The molecule has 0 bridgehead atoms. The largest absolute Gasteiger partial charge is 0.491 e. The molecule has 0 heterocycles. The van der Waals surface area contributed by atoms with Gasteiger partial charge < -0.3 is 9.84 Å². The van der Waals surface area contributed by atoms with Gasteiger partial charge in [-0.25, -0.2) is 0 Å². The molecule has 0 unspecified atom stereocenters. The molecule has 2 heteroatoms. The van der Waals surface area contributed by atoms with Crippen LogP contribution in [0.2, 0.25) is 0 Å². The van der Waals surface area contributed by atoms with Crippen LogP contribution in [0.25, 0.3) is 0 Å². The number of aliphatic hydroxyl groups is 1. The van der Waals surface area contributed by atoms with Gasteiger partial charge in [-0.15, -0.1) is 0 Å². The van der Waals surface area contributed by atoms with E-state index in [-0.39, 0.29) is 18.1 Å². The van der Waals surface area contributed by atoms with Gasteiger partial charge in [0.15, 0.2) is 0 Å². The van der Waals surface area contributed by atoms with Crippen LogP contribution in [-0.4, -0.2) is 17.8 Å². The summed E-state index contributed by atoms with van der Waals surface area (Å²) in [6, 6.07) is 7.88. The maximum atomic E-state index is 9.35. The van der Waals surface area contributed by atoms with Gasteiger partial charge in [0.2, 0.25) is 0 Å². The van der Waals surface area contributed by atoms with Gasteiger partial charge in [0.25, 0.3) is 0 Å². The maximum Gasteiger partial charge on any atom is 0.123 e. The Morgan fingerprint density at radius 2 is 1.87 bits per heavy atom. The monoisotopic (exact) mass is 208 g/mol. The number of benzene rings is 1. The highest BCUT2D eigenvalue weighted by Gasteiger charge is 2.23. The van der Waals surface area contributed by atoms with E-state index in [1.54, 1.807) is 0 Å². The third-order valence-corrected chi connectivity index (χ3v) is 2.37. The Labute approximate surface area is 91.9 Å². The molecule has 0 saturated carbocycles.